The zero-order valence-electron chi connectivity index (χ0n) is 10.6. The minimum Gasteiger partial charge on any atom is -0.492 e. The fraction of sp³-hybridized carbons (Fsp3) is 0.467. The first-order valence-electron chi connectivity index (χ1n) is 6.34. The van der Waals surface area contributed by atoms with Gasteiger partial charge in [-0.25, -0.2) is 4.39 Å². The first-order valence-corrected chi connectivity index (χ1v) is 6.88. The molecule has 19 heavy (non-hydrogen) atoms. The molecule has 2 nitrogen and oxygen atoms in total. The Labute approximate surface area is 117 Å². The van der Waals surface area contributed by atoms with Gasteiger partial charge in [0.25, 0.3) is 0 Å². The second kappa shape index (κ2) is 7.37. The summed E-state index contributed by atoms with van der Waals surface area (Å²) in [6.45, 7) is 2.19. The number of halogens is 2. The summed E-state index contributed by atoms with van der Waals surface area (Å²) in [4.78, 5) is 0. The summed E-state index contributed by atoms with van der Waals surface area (Å²) < 4.78 is 24.3. The Bertz CT molecular complexity index is 473. The second-order valence-corrected chi connectivity index (χ2v) is 4.71. The maximum Gasteiger partial charge on any atom is 0.135 e. The van der Waals surface area contributed by atoms with Gasteiger partial charge < -0.3 is 9.47 Å². The Morgan fingerprint density at radius 1 is 1.37 bits per heavy atom. The molecule has 0 atom stereocenters. The van der Waals surface area contributed by atoms with Gasteiger partial charge in [-0.1, -0.05) is 11.8 Å². The third kappa shape index (κ3) is 4.41. The molecule has 102 valence electrons. The van der Waals surface area contributed by atoms with Crippen molar-refractivity contribution in [3.8, 4) is 17.6 Å². The summed E-state index contributed by atoms with van der Waals surface area (Å²) in [5.41, 5.74) is 0.549. The number of rotatable bonds is 3. The lowest BCUT2D eigenvalue weighted by atomic mass is 10.0. The van der Waals surface area contributed by atoms with E-state index in [-0.39, 0.29) is 11.7 Å². The maximum atomic E-state index is 13.2. The summed E-state index contributed by atoms with van der Waals surface area (Å²) in [5.74, 6) is 6.54. The minimum atomic E-state index is -0.322. The second-order valence-electron chi connectivity index (χ2n) is 4.44. The van der Waals surface area contributed by atoms with E-state index in [0.29, 0.717) is 23.8 Å². The van der Waals surface area contributed by atoms with Gasteiger partial charge in [0.05, 0.1) is 18.1 Å². The van der Waals surface area contributed by atoms with Crippen molar-refractivity contribution < 1.29 is 13.9 Å². The van der Waals surface area contributed by atoms with Crippen LogP contribution in [0.4, 0.5) is 4.39 Å². The average molecular weight is 283 g/mol. The number of hydrogen-bond acceptors (Lipinski definition) is 2. The molecule has 1 aliphatic heterocycles. The zero-order chi connectivity index (χ0) is 13.5. The summed E-state index contributed by atoms with van der Waals surface area (Å²) in [7, 11) is 0. The molecule has 0 saturated carbocycles. The van der Waals surface area contributed by atoms with Crippen LogP contribution in [0.1, 0.15) is 18.4 Å². The Balaban J connectivity index is 2.02. The highest BCUT2D eigenvalue weighted by Gasteiger charge is 2.15. The Hall–Kier alpha value is -1.24. The SMILES string of the molecule is Fc1ccc(OCC2CCOCC2)c(C#CCCl)c1. The van der Waals surface area contributed by atoms with Gasteiger partial charge in [0.2, 0.25) is 0 Å². The summed E-state index contributed by atoms with van der Waals surface area (Å²) in [6, 6.07) is 4.37. The molecule has 0 amide bonds. The van der Waals surface area contributed by atoms with Crippen molar-refractivity contribution in [2.24, 2.45) is 5.92 Å². The van der Waals surface area contributed by atoms with Crippen LogP contribution >= 0.6 is 11.6 Å². The number of benzene rings is 1. The zero-order valence-corrected chi connectivity index (χ0v) is 11.4. The van der Waals surface area contributed by atoms with E-state index >= 15 is 0 Å². The third-order valence-corrected chi connectivity index (χ3v) is 3.18. The fourth-order valence-electron chi connectivity index (χ4n) is 1.98. The van der Waals surface area contributed by atoms with Gasteiger partial charge in [0, 0.05) is 13.2 Å². The molecule has 4 heteroatoms. The molecule has 1 aromatic rings. The van der Waals surface area contributed by atoms with Crippen molar-refractivity contribution in [1.82, 2.24) is 0 Å². The molecule has 1 fully saturated rings. The highest BCUT2D eigenvalue weighted by molar-refractivity contribution is 6.19. The van der Waals surface area contributed by atoms with Crippen LogP contribution in [0.5, 0.6) is 5.75 Å². The van der Waals surface area contributed by atoms with Crippen molar-refractivity contribution in [1.29, 1.82) is 0 Å². The predicted octanol–water partition coefficient (Wildman–Crippen LogP) is 3.22. The molecule has 2 rings (SSSR count). The van der Waals surface area contributed by atoms with E-state index in [9.17, 15) is 4.39 Å². The van der Waals surface area contributed by atoms with Crippen LogP contribution in [0.3, 0.4) is 0 Å². The van der Waals surface area contributed by atoms with Crippen molar-refractivity contribution in [2.45, 2.75) is 12.8 Å². The lowest BCUT2D eigenvalue weighted by Crippen LogP contribution is -2.21. The molecular weight excluding hydrogens is 267 g/mol. The average Bonchev–Trinajstić information content (AvgIpc) is 2.45. The minimum absolute atomic E-state index is 0.218. The van der Waals surface area contributed by atoms with Gasteiger partial charge in [0.1, 0.15) is 11.6 Å². The van der Waals surface area contributed by atoms with Gasteiger partial charge in [-0.05, 0) is 37.0 Å². The number of ether oxygens (including phenoxy) is 2. The van der Waals surface area contributed by atoms with Crippen LogP contribution < -0.4 is 4.74 Å². The lowest BCUT2D eigenvalue weighted by Gasteiger charge is -2.22. The van der Waals surface area contributed by atoms with Crippen molar-refractivity contribution in [2.75, 3.05) is 25.7 Å². The van der Waals surface area contributed by atoms with E-state index in [1.54, 1.807) is 6.07 Å². The number of hydrogen-bond donors (Lipinski definition) is 0. The molecule has 0 aliphatic carbocycles. The predicted molar refractivity (Wildman–Crippen MR) is 73.0 cm³/mol. The largest absolute Gasteiger partial charge is 0.492 e. The molecule has 0 bridgehead atoms. The van der Waals surface area contributed by atoms with E-state index in [1.807, 2.05) is 0 Å². The third-order valence-electron chi connectivity index (χ3n) is 3.05. The highest BCUT2D eigenvalue weighted by Crippen LogP contribution is 2.22. The molecule has 0 unspecified atom stereocenters. The van der Waals surface area contributed by atoms with E-state index in [2.05, 4.69) is 11.8 Å². The van der Waals surface area contributed by atoms with Crippen molar-refractivity contribution >= 4 is 11.6 Å². The van der Waals surface area contributed by atoms with E-state index < -0.39 is 0 Å². The molecule has 0 aromatic heterocycles. The number of alkyl halides is 1. The van der Waals surface area contributed by atoms with E-state index in [0.717, 1.165) is 26.1 Å². The Kier molecular flexibility index (Phi) is 5.50. The fourth-order valence-corrected chi connectivity index (χ4v) is 2.04. The molecule has 0 N–H and O–H groups in total. The first-order chi connectivity index (χ1) is 9.29. The maximum absolute atomic E-state index is 13.2. The van der Waals surface area contributed by atoms with Crippen molar-refractivity contribution in [3.63, 3.8) is 0 Å². The van der Waals surface area contributed by atoms with Crippen LogP contribution in [0.2, 0.25) is 0 Å². The molecule has 1 heterocycles. The normalized spacial score (nSPS) is 15.7. The highest BCUT2D eigenvalue weighted by atomic mass is 35.5. The molecule has 0 spiro atoms. The van der Waals surface area contributed by atoms with Crippen LogP contribution in [-0.2, 0) is 4.74 Å². The van der Waals surface area contributed by atoms with Gasteiger partial charge in [-0.2, -0.15) is 0 Å². The Morgan fingerprint density at radius 3 is 2.89 bits per heavy atom. The van der Waals surface area contributed by atoms with Crippen LogP contribution in [0, 0.1) is 23.6 Å². The van der Waals surface area contributed by atoms with Gasteiger partial charge >= 0.3 is 0 Å². The quantitative estimate of drug-likeness (QED) is 0.626. The van der Waals surface area contributed by atoms with Gasteiger partial charge in [-0.3, -0.25) is 0 Å². The summed E-state index contributed by atoms with van der Waals surface area (Å²) in [6.07, 6.45) is 2.01. The smallest absolute Gasteiger partial charge is 0.135 e. The standard InChI is InChI=1S/C15H16ClFO2/c16-7-1-2-13-10-14(17)3-4-15(13)19-11-12-5-8-18-9-6-12/h3-4,10,12H,5-9,11H2. The van der Waals surface area contributed by atoms with Crippen molar-refractivity contribution in [3.05, 3.63) is 29.6 Å². The van der Waals surface area contributed by atoms with Crippen LogP contribution in [0.25, 0.3) is 0 Å². The van der Waals surface area contributed by atoms with Gasteiger partial charge in [-0.15, -0.1) is 11.6 Å². The Morgan fingerprint density at radius 2 is 2.16 bits per heavy atom. The molecule has 0 radical (unpaired) electrons. The monoisotopic (exact) mass is 282 g/mol. The lowest BCUT2D eigenvalue weighted by molar-refractivity contribution is 0.0497. The molecule has 1 aliphatic rings. The molecule has 1 saturated heterocycles. The van der Waals surface area contributed by atoms with Crippen LogP contribution in [0.15, 0.2) is 18.2 Å². The summed E-state index contributed by atoms with van der Waals surface area (Å²) in [5, 5.41) is 0. The first kappa shape index (κ1) is 14.2. The summed E-state index contributed by atoms with van der Waals surface area (Å²) >= 11 is 5.52. The molecule has 1 aromatic carbocycles. The van der Waals surface area contributed by atoms with E-state index in [4.69, 9.17) is 21.1 Å². The molecular formula is C15H16ClFO2. The van der Waals surface area contributed by atoms with Gasteiger partial charge in [0.15, 0.2) is 0 Å². The topological polar surface area (TPSA) is 18.5 Å². The van der Waals surface area contributed by atoms with Crippen LogP contribution in [-0.4, -0.2) is 25.7 Å². The van der Waals surface area contributed by atoms with E-state index in [1.165, 1.54) is 12.1 Å².